The van der Waals surface area contributed by atoms with Crippen LogP contribution in [0.15, 0.2) is 36.0 Å². The van der Waals surface area contributed by atoms with E-state index in [9.17, 15) is 4.79 Å². The Kier molecular flexibility index (Phi) is 6.27. The van der Waals surface area contributed by atoms with Crippen LogP contribution >= 0.6 is 0 Å². The number of nitriles is 1. The van der Waals surface area contributed by atoms with E-state index in [0.717, 1.165) is 5.56 Å². The second-order valence-corrected chi connectivity index (χ2v) is 4.54. The predicted octanol–water partition coefficient (Wildman–Crippen LogP) is 1.74. The highest BCUT2D eigenvalue weighted by Gasteiger charge is 2.12. The molecule has 0 bridgehead atoms. The summed E-state index contributed by atoms with van der Waals surface area (Å²) in [5, 5.41) is 23.1. The van der Waals surface area contributed by atoms with Gasteiger partial charge in [0.15, 0.2) is 0 Å². The molecule has 0 aromatic heterocycles. The topological polar surface area (TPSA) is 85.2 Å². The summed E-state index contributed by atoms with van der Waals surface area (Å²) >= 11 is 0. The number of benzene rings is 1. The first-order valence-corrected chi connectivity index (χ1v) is 6.45. The van der Waals surface area contributed by atoms with E-state index in [1.54, 1.807) is 0 Å². The highest BCUT2D eigenvalue weighted by molar-refractivity contribution is 6.06. The summed E-state index contributed by atoms with van der Waals surface area (Å²) in [6, 6.07) is 9.33. The fourth-order valence-corrected chi connectivity index (χ4v) is 1.69. The smallest absolute Gasteiger partial charge is 0.267 e. The minimum Gasteiger partial charge on any atom is -0.395 e. The summed E-state index contributed by atoms with van der Waals surface area (Å²) in [6.45, 7) is 4.30. The van der Waals surface area contributed by atoms with Gasteiger partial charge in [-0.05, 0) is 17.5 Å². The van der Waals surface area contributed by atoms with Gasteiger partial charge in [0.05, 0.1) is 6.61 Å². The Bertz CT molecular complexity index is 530. The van der Waals surface area contributed by atoms with Gasteiger partial charge in [-0.15, -0.1) is 0 Å². The molecule has 0 saturated heterocycles. The van der Waals surface area contributed by atoms with E-state index in [-0.39, 0.29) is 18.1 Å². The molecule has 0 aliphatic rings. The third-order valence-electron chi connectivity index (χ3n) is 2.70. The van der Waals surface area contributed by atoms with Crippen LogP contribution in [-0.2, 0) is 4.79 Å². The Morgan fingerprint density at radius 3 is 2.75 bits per heavy atom. The van der Waals surface area contributed by atoms with Crippen molar-refractivity contribution in [3.8, 4) is 6.07 Å². The molecule has 5 nitrogen and oxygen atoms in total. The zero-order chi connectivity index (χ0) is 15.0. The normalized spacial score (nSPS) is 11.1. The molecule has 0 aliphatic carbocycles. The number of hydrogen-bond acceptors (Lipinski definition) is 4. The zero-order valence-electron chi connectivity index (χ0n) is 11.7. The summed E-state index contributed by atoms with van der Waals surface area (Å²) < 4.78 is 0. The van der Waals surface area contributed by atoms with Gasteiger partial charge in [0.2, 0.25) is 0 Å². The van der Waals surface area contributed by atoms with Gasteiger partial charge in [0.25, 0.3) is 5.91 Å². The molecule has 1 aromatic rings. The van der Waals surface area contributed by atoms with Crippen LogP contribution in [0.2, 0.25) is 0 Å². The first-order valence-electron chi connectivity index (χ1n) is 6.45. The minimum absolute atomic E-state index is 0.0305. The highest BCUT2D eigenvalue weighted by atomic mass is 16.3. The number of anilines is 1. The molecule has 0 heterocycles. The average Bonchev–Trinajstić information content (AvgIpc) is 2.44. The molecule has 0 unspecified atom stereocenters. The van der Waals surface area contributed by atoms with E-state index >= 15 is 0 Å². The predicted molar refractivity (Wildman–Crippen MR) is 77.9 cm³/mol. The molecule has 0 aliphatic heterocycles. The Balaban J connectivity index is 2.85. The number of carbonyl (C=O) groups is 1. The molecule has 0 spiro atoms. The molecular weight excluding hydrogens is 254 g/mol. The first-order chi connectivity index (χ1) is 9.60. The highest BCUT2D eigenvalue weighted by Crippen LogP contribution is 2.23. The lowest BCUT2D eigenvalue weighted by Crippen LogP contribution is -2.19. The van der Waals surface area contributed by atoms with E-state index < -0.39 is 5.91 Å². The Morgan fingerprint density at radius 2 is 2.15 bits per heavy atom. The minimum atomic E-state index is -0.467. The van der Waals surface area contributed by atoms with Crippen LogP contribution in [-0.4, -0.2) is 24.2 Å². The molecule has 5 heteroatoms. The molecule has 0 saturated carbocycles. The number of rotatable bonds is 6. The van der Waals surface area contributed by atoms with Crippen LogP contribution in [0.25, 0.3) is 0 Å². The summed E-state index contributed by atoms with van der Waals surface area (Å²) in [6.07, 6.45) is 1.31. The average molecular weight is 273 g/mol. The van der Waals surface area contributed by atoms with E-state index in [2.05, 4.69) is 10.6 Å². The summed E-state index contributed by atoms with van der Waals surface area (Å²) in [4.78, 5) is 12.0. The first kappa shape index (κ1) is 15.7. The lowest BCUT2D eigenvalue weighted by atomic mass is 10.0. The van der Waals surface area contributed by atoms with Crippen LogP contribution in [0.3, 0.4) is 0 Å². The molecule has 1 aromatic carbocycles. The van der Waals surface area contributed by atoms with Crippen molar-refractivity contribution in [1.29, 1.82) is 5.26 Å². The quantitative estimate of drug-likeness (QED) is 0.418. The van der Waals surface area contributed by atoms with Crippen molar-refractivity contribution >= 4 is 11.6 Å². The third kappa shape index (κ3) is 4.41. The maximum Gasteiger partial charge on any atom is 0.267 e. The lowest BCUT2D eigenvalue weighted by molar-refractivity contribution is -0.112. The Labute approximate surface area is 118 Å². The fraction of sp³-hybridized carbons (Fsp3) is 0.333. The summed E-state index contributed by atoms with van der Waals surface area (Å²) in [5.74, 6) is -0.195. The second kappa shape index (κ2) is 7.97. The van der Waals surface area contributed by atoms with Gasteiger partial charge in [-0.25, -0.2) is 0 Å². The Hall–Kier alpha value is -2.32. The molecule has 106 valence electrons. The van der Waals surface area contributed by atoms with Gasteiger partial charge in [-0.3, -0.25) is 4.79 Å². The van der Waals surface area contributed by atoms with Gasteiger partial charge in [-0.1, -0.05) is 32.0 Å². The lowest BCUT2D eigenvalue weighted by Gasteiger charge is -2.13. The molecular formula is C15H19N3O2. The number of carbonyl (C=O) groups excluding carboxylic acids is 1. The standard InChI is InChI=1S/C15H19N3O2/c1-11(2)13-5-3-4-6-14(13)18-15(20)12(9-16)10-17-7-8-19/h3-6,10-11,17,19H,7-8H2,1-2H3,(H,18,20)/b12-10-. The number of nitrogens with one attached hydrogen (secondary N) is 2. The fourth-order valence-electron chi connectivity index (χ4n) is 1.69. The third-order valence-corrected chi connectivity index (χ3v) is 2.70. The van der Waals surface area contributed by atoms with Crippen molar-refractivity contribution in [2.24, 2.45) is 0 Å². The van der Waals surface area contributed by atoms with Crippen molar-refractivity contribution in [2.45, 2.75) is 19.8 Å². The van der Waals surface area contributed by atoms with Crippen LogP contribution < -0.4 is 10.6 Å². The summed E-state index contributed by atoms with van der Waals surface area (Å²) in [5.41, 5.74) is 1.69. The van der Waals surface area contributed by atoms with E-state index in [0.29, 0.717) is 12.2 Å². The number of aliphatic hydroxyl groups is 1. The van der Waals surface area contributed by atoms with Gasteiger partial charge in [0.1, 0.15) is 11.6 Å². The zero-order valence-corrected chi connectivity index (χ0v) is 11.7. The van der Waals surface area contributed by atoms with Crippen molar-refractivity contribution in [3.63, 3.8) is 0 Å². The van der Waals surface area contributed by atoms with Gasteiger partial charge >= 0.3 is 0 Å². The number of hydrogen-bond donors (Lipinski definition) is 3. The van der Waals surface area contributed by atoms with E-state index in [4.69, 9.17) is 10.4 Å². The largest absolute Gasteiger partial charge is 0.395 e. The molecule has 20 heavy (non-hydrogen) atoms. The number of aliphatic hydroxyl groups excluding tert-OH is 1. The van der Waals surface area contributed by atoms with Crippen LogP contribution in [0.5, 0.6) is 0 Å². The Morgan fingerprint density at radius 1 is 1.45 bits per heavy atom. The van der Waals surface area contributed by atoms with Crippen LogP contribution in [0.4, 0.5) is 5.69 Å². The van der Waals surface area contributed by atoms with E-state index in [1.165, 1.54) is 6.20 Å². The number of nitrogens with zero attached hydrogens (tertiary/aromatic N) is 1. The number of para-hydroxylation sites is 1. The maximum absolute atomic E-state index is 12.0. The van der Waals surface area contributed by atoms with Crippen molar-refractivity contribution in [1.82, 2.24) is 5.32 Å². The van der Waals surface area contributed by atoms with Crippen LogP contribution in [0, 0.1) is 11.3 Å². The molecule has 0 atom stereocenters. The molecule has 1 amide bonds. The van der Waals surface area contributed by atoms with E-state index in [1.807, 2.05) is 44.2 Å². The molecule has 0 fully saturated rings. The van der Waals surface area contributed by atoms with Crippen molar-refractivity contribution in [2.75, 3.05) is 18.5 Å². The molecule has 0 radical (unpaired) electrons. The van der Waals surface area contributed by atoms with Crippen molar-refractivity contribution in [3.05, 3.63) is 41.6 Å². The summed E-state index contributed by atoms with van der Waals surface area (Å²) in [7, 11) is 0. The van der Waals surface area contributed by atoms with Crippen molar-refractivity contribution < 1.29 is 9.90 Å². The van der Waals surface area contributed by atoms with Gasteiger partial charge in [0, 0.05) is 18.4 Å². The number of amides is 1. The molecule has 3 N–H and O–H groups in total. The van der Waals surface area contributed by atoms with Crippen LogP contribution in [0.1, 0.15) is 25.3 Å². The van der Waals surface area contributed by atoms with Gasteiger partial charge in [-0.2, -0.15) is 5.26 Å². The SMILES string of the molecule is CC(C)c1ccccc1NC(=O)/C(C#N)=C\NCCO. The second-order valence-electron chi connectivity index (χ2n) is 4.54. The maximum atomic E-state index is 12.0. The molecule has 1 rings (SSSR count). The van der Waals surface area contributed by atoms with Gasteiger partial charge < -0.3 is 15.7 Å². The monoisotopic (exact) mass is 273 g/mol.